The lowest BCUT2D eigenvalue weighted by Gasteiger charge is -2.17. The smallest absolute Gasteiger partial charge is 0.390 e. The molecule has 3 nitrogen and oxygen atoms in total. The van der Waals surface area contributed by atoms with Crippen molar-refractivity contribution in [1.82, 2.24) is 0 Å². The maximum absolute atomic E-state index is 6.71. The van der Waals surface area contributed by atoms with E-state index >= 15 is 0 Å². The van der Waals surface area contributed by atoms with Gasteiger partial charge in [-0.05, 0) is 99.8 Å². The Balaban J connectivity index is 2.59. The Morgan fingerprint density at radius 3 is 2.11 bits per heavy atom. The second-order valence-electron chi connectivity index (χ2n) is 10.5. The third-order valence-corrected chi connectivity index (χ3v) is 7.88. The average molecular weight is 493 g/mol. The molecule has 4 heteroatoms. The van der Waals surface area contributed by atoms with Gasteiger partial charge in [-0.2, -0.15) is 0 Å². The molecule has 0 aliphatic rings. The molecule has 1 aromatic heterocycles. The fourth-order valence-electron chi connectivity index (χ4n) is 4.18. The van der Waals surface area contributed by atoms with Gasteiger partial charge in [0, 0.05) is 10.9 Å². The predicted molar refractivity (Wildman–Crippen MR) is 152 cm³/mol. The van der Waals surface area contributed by atoms with Crippen LogP contribution < -0.4 is 4.52 Å². The first-order chi connectivity index (χ1) is 16.3. The Morgan fingerprint density at radius 1 is 0.914 bits per heavy atom. The molecule has 0 aliphatic heterocycles. The highest BCUT2D eigenvalue weighted by Gasteiger charge is 2.24. The lowest BCUT2D eigenvalue weighted by atomic mass is 9.87. The molecule has 188 valence electrons. The maximum atomic E-state index is 6.71. The van der Waals surface area contributed by atoms with E-state index in [1.807, 2.05) is 6.07 Å². The van der Waals surface area contributed by atoms with Crippen LogP contribution in [-0.2, 0) is 0 Å². The summed E-state index contributed by atoms with van der Waals surface area (Å²) in [5.41, 5.74) is 11.1. The van der Waals surface area contributed by atoms with E-state index in [0.29, 0.717) is 0 Å². The SMILES string of the molecule is C=C(c1op(Oc2ccc(C)cc2C)oc2c(C(C)C)cc(C)c(C)c2c1C(C)=C(C)C)C(C)C. The largest absolute Gasteiger partial charge is 0.453 e. The maximum Gasteiger partial charge on any atom is 0.453 e. The molecule has 0 amide bonds. The zero-order chi connectivity index (χ0) is 26.2. The zero-order valence-corrected chi connectivity index (χ0v) is 24.2. The van der Waals surface area contributed by atoms with E-state index in [4.69, 9.17) is 12.9 Å². The Kier molecular flexibility index (Phi) is 8.12. The number of hydrogen-bond acceptors (Lipinski definition) is 3. The van der Waals surface area contributed by atoms with E-state index < -0.39 is 8.24 Å². The lowest BCUT2D eigenvalue weighted by Crippen LogP contribution is -2.00. The Bertz CT molecular complexity index is 1350. The molecular weight excluding hydrogens is 451 g/mol. The van der Waals surface area contributed by atoms with Crippen LogP contribution in [0.5, 0.6) is 5.75 Å². The van der Waals surface area contributed by atoms with Gasteiger partial charge in [-0.3, -0.25) is 0 Å². The summed E-state index contributed by atoms with van der Waals surface area (Å²) >= 11 is 0. The Morgan fingerprint density at radius 2 is 1.57 bits per heavy atom. The van der Waals surface area contributed by atoms with Gasteiger partial charge in [0.15, 0.2) is 0 Å². The molecule has 3 rings (SSSR count). The first kappa shape index (κ1) is 27.0. The van der Waals surface area contributed by atoms with Crippen LogP contribution in [0.4, 0.5) is 0 Å². The summed E-state index contributed by atoms with van der Waals surface area (Å²) in [5, 5.41) is 1.10. The normalized spacial score (nSPS) is 11.9. The van der Waals surface area contributed by atoms with E-state index in [-0.39, 0.29) is 11.8 Å². The highest BCUT2D eigenvalue weighted by atomic mass is 31.1. The molecule has 0 radical (unpaired) electrons. The minimum absolute atomic E-state index is 0.208. The van der Waals surface area contributed by atoms with Crippen LogP contribution in [-0.4, -0.2) is 0 Å². The van der Waals surface area contributed by atoms with Crippen molar-refractivity contribution in [2.24, 2.45) is 5.92 Å². The molecule has 35 heavy (non-hydrogen) atoms. The molecule has 0 aliphatic carbocycles. The number of aryl methyl sites for hydroxylation is 4. The standard InChI is InChI=1S/C31H41O3P/c1-17(2)23(10)28-29-25(12)21(8)16-26(19(5)6)31(29)34-35(33-30(28)24(11)18(3)4)32-27-14-13-20(7)15-22(27)9/h13-16,18-19H,11H2,1-10,12H3. The van der Waals surface area contributed by atoms with Crippen molar-refractivity contribution in [3.63, 3.8) is 0 Å². The highest BCUT2D eigenvalue weighted by Crippen LogP contribution is 2.45. The molecule has 3 aromatic rings. The summed E-state index contributed by atoms with van der Waals surface area (Å²) in [6.07, 6.45) is 0. The molecule has 1 unspecified atom stereocenters. The van der Waals surface area contributed by atoms with Crippen molar-refractivity contribution in [2.75, 3.05) is 0 Å². The molecule has 0 bridgehead atoms. The van der Waals surface area contributed by atoms with Crippen molar-refractivity contribution >= 4 is 30.4 Å². The molecule has 0 saturated carbocycles. The van der Waals surface area contributed by atoms with Crippen LogP contribution in [0.25, 0.3) is 22.1 Å². The minimum Gasteiger partial charge on any atom is -0.390 e. The van der Waals surface area contributed by atoms with Gasteiger partial charge >= 0.3 is 8.24 Å². The van der Waals surface area contributed by atoms with Gasteiger partial charge in [-0.25, -0.2) is 0 Å². The molecular formula is C31H41O3P. The van der Waals surface area contributed by atoms with E-state index in [1.165, 1.54) is 33.4 Å². The molecule has 2 aromatic carbocycles. The Labute approximate surface area is 212 Å². The summed E-state index contributed by atoms with van der Waals surface area (Å²) in [6, 6.07) is 8.42. The second kappa shape index (κ2) is 10.5. The fourth-order valence-corrected chi connectivity index (χ4v) is 5.36. The summed E-state index contributed by atoms with van der Waals surface area (Å²) in [6.45, 7) is 28.1. The second-order valence-corrected chi connectivity index (χ2v) is 11.5. The first-order valence-electron chi connectivity index (χ1n) is 12.5. The fraction of sp³-hybridized carbons (Fsp3) is 0.419. The van der Waals surface area contributed by atoms with Gasteiger partial charge in [0.2, 0.25) is 0 Å². The topological polar surface area (TPSA) is 35.5 Å². The molecule has 0 saturated heterocycles. The number of rotatable bonds is 6. The third-order valence-electron chi connectivity index (χ3n) is 6.88. The van der Waals surface area contributed by atoms with Gasteiger partial charge in [0.05, 0.1) is 0 Å². The van der Waals surface area contributed by atoms with Crippen molar-refractivity contribution in [3.05, 3.63) is 75.6 Å². The average Bonchev–Trinajstić information content (AvgIpc) is 2.94. The van der Waals surface area contributed by atoms with Gasteiger partial charge in [-0.15, -0.1) is 0 Å². The highest BCUT2D eigenvalue weighted by molar-refractivity contribution is 7.32. The number of hydrogen-bond donors (Lipinski definition) is 0. The molecule has 1 heterocycles. The van der Waals surface area contributed by atoms with Crippen molar-refractivity contribution in [3.8, 4) is 5.75 Å². The molecule has 1 atom stereocenters. The third kappa shape index (κ3) is 5.46. The summed E-state index contributed by atoms with van der Waals surface area (Å²) in [4.78, 5) is 0. The van der Waals surface area contributed by atoms with Crippen LogP contribution in [0.1, 0.15) is 93.5 Å². The summed E-state index contributed by atoms with van der Waals surface area (Å²) in [5.74, 6) is 2.04. The molecule has 0 spiro atoms. The van der Waals surface area contributed by atoms with Gasteiger partial charge in [0.25, 0.3) is 0 Å². The van der Waals surface area contributed by atoms with E-state index in [2.05, 4.69) is 101 Å². The van der Waals surface area contributed by atoms with E-state index in [1.54, 1.807) is 0 Å². The summed E-state index contributed by atoms with van der Waals surface area (Å²) < 4.78 is 19.9. The first-order valence-corrected chi connectivity index (χ1v) is 13.6. The van der Waals surface area contributed by atoms with Crippen molar-refractivity contribution in [2.45, 2.75) is 82.1 Å². The number of allylic oxidation sites excluding steroid dienone is 3. The monoisotopic (exact) mass is 492 g/mol. The lowest BCUT2D eigenvalue weighted by molar-refractivity contribution is 0.475. The Hall–Kier alpha value is -2.64. The van der Waals surface area contributed by atoms with Crippen molar-refractivity contribution in [1.29, 1.82) is 0 Å². The van der Waals surface area contributed by atoms with Crippen molar-refractivity contribution < 1.29 is 12.9 Å². The van der Waals surface area contributed by atoms with Crippen LogP contribution in [0, 0.1) is 33.6 Å². The van der Waals surface area contributed by atoms with Crippen LogP contribution in [0.3, 0.4) is 0 Å². The van der Waals surface area contributed by atoms with Gasteiger partial charge in [-0.1, -0.05) is 63.6 Å². The zero-order valence-electron chi connectivity index (χ0n) is 23.3. The summed E-state index contributed by atoms with van der Waals surface area (Å²) in [7, 11) is -1.76. The number of fused-ring (bicyclic) bond motifs is 1. The molecule has 0 N–H and O–H groups in total. The van der Waals surface area contributed by atoms with Gasteiger partial charge < -0.3 is 12.9 Å². The van der Waals surface area contributed by atoms with Crippen LogP contribution in [0.2, 0.25) is 0 Å². The predicted octanol–water partition coefficient (Wildman–Crippen LogP) is 10.8. The van der Waals surface area contributed by atoms with Crippen LogP contribution in [0.15, 0.2) is 44.8 Å². The number of benzene rings is 2. The minimum atomic E-state index is -1.76. The van der Waals surface area contributed by atoms with Crippen LogP contribution >= 0.6 is 8.24 Å². The van der Waals surface area contributed by atoms with Gasteiger partial charge in [0.1, 0.15) is 17.1 Å². The molecule has 0 fully saturated rings. The quantitative estimate of drug-likeness (QED) is 0.343. The van der Waals surface area contributed by atoms with E-state index in [0.717, 1.165) is 39.2 Å². The van der Waals surface area contributed by atoms with E-state index in [9.17, 15) is 0 Å².